The third kappa shape index (κ3) is 3.16. The van der Waals surface area contributed by atoms with Crippen molar-refractivity contribution in [3.05, 3.63) is 23.8 Å². The van der Waals surface area contributed by atoms with Gasteiger partial charge in [-0.1, -0.05) is 32.8 Å². The summed E-state index contributed by atoms with van der Waals surface area (Å²) in [7, 11) is 0. The molecule has 1 aromatic rings. The molecule has 3 rings (SSSR count). The van der Waals surface area contributed by atoms with Crippen LogP contribution in [-0.2, 0) is 0 Å². The number of aliphatic hydroxyl groups excluding tert-OH is 1. The number of ether oxygens (including phenoxy) is 2. The monoisotopic (exact) mass is 291 g/mol. The van der Waals surface area contributed by atoms with Crippen molar-refractivity contribution in [2.24, 2.45) is 5.41 Å². The molecule has 0 amide bonds. The number of nitrogens with one attached hydrogen (secondary N) is 1. The molecular weight excluding hydrogens is 266 g/mol. The first kappa shape index (κ1) is 14.7. The molecule has 1 saturated carbocycles. The summed E-state index contributed by atoms with van der Waals surface area (Å²) in [6.07, 6.45) is 4.53. The summed E-state index contributed by atoms with van der Waals surface area (Å²) in [5.74, 6) is 1.48. The van der Waals surface area contributed by atoms with Crippen LogP contribution in [0.4, 0.5) is 0 Å². The van der Waals surface area contributed by atoms with Crippen LogP contribution in [0.3, 0.4) is 0 Å². The lowest BCUT2D eigenvalue weighted by atomic mass is 9.73. The Balaban J connectivity index is 1.60. The number of aliphatic hydroxyl groups is 1. The normalized spacial score (nSPS) is 24.8. The lowest BCUT2D eigenvalue weighted by Gasteiger charge is -2.39. The second-order valence-corrected chi connectivity index (χ2v) is 6.82. The fourth-order valence-corrected chi connectivity index (χ4v) is 3.36. The van der Waals surface area contributed by atoms with Gasteiger partial charge in [-0.05, 0) is 36.0 Å². The summed E-state index contributed by atoms with van der Waals surface area (Å²) in [6, 6.07) is 6.13. The minimum absolute atomic E-state index is 0.267. The number of hydrogen-bond acceptors (Lipinski definition) is 4. The SMILES string of the molecule is CC1(C)CCCCC1NCC(O)c1ccc2c(c1)OCO2. The van der Waals surface area contributed by atoms with Gasteiger partial charge in [0.05, 0.1) is 6.10 Å². The van der Waals surface area contributed by atoms with E-state index in [1.807, 2.05) is 18.2 Å². The van der Waals surface area contributed by atoms with E-state index >= 15 is 0 Å². The van der Waals surface area contributed by atoms with Gasteiger partial charge in [-0.3, -0.25) is 0 Å². The molecule has 116 valence electrons. The van der Waals surface area contributed by atoms with Crippen molar-refractivity contribution in [2.75, 3.05) is 13.3 Å². The van der Waals surface area contributed by atoms with E-state index in [1.165, 1.54) is 25.7 Å². The Labute approximate surface area is 126 Å². The maximum Gasteiger partial charge on any atom is 0.231 e. The van der Waals surface area contributed by atoms with Gasteiger partial charge in [0.2, 0.25) is 6.79 Å². The highest BCUT2D eigenvalue weighted by atomic mass is 16.7. The fraction of sp³-hybridized carbons (Fsp3) is 0.647. The molecule has 1 aliphatic carbocycles. The third-order valence-corrected chi connectivity index (χ3v) is 4.85. The van der Waals surface area contributed by atoms with Crippen LogP contribution in [0.15, 0.2) is 18.2 Å². The molecule has 1 heterocycles. The summed E-state index contributed by atoms with van der Waals surface area (Å²) < 4.78 is 10.7. The molecule has 2 aliphatic rings. The predicted octanol–water partition coefficient (Wildman–Crippen LogP) is 3.01. The Kier molecular flexibility index (Phi) is 4.09. The highest BCUT2D eigenvalue weighted by Crippen LogP contribution is 2.36. The first-order valence-corrected chi connectivity index (χ1v) is 7.87. The molecule has 0 aromatic heterocycles. The Morgan fingerprint density at radius 3 is 2.90 bits per heavy atom. The summed E-state index contributed by atoms with van der Waals surface area (Å²) in [4.78, 5) is 0. The highest BCUT2D eigenvalue weighted by Gasteiger charge is 2.32. The van der Waals surface area contributed by atoms with Crippen molar-refractivity contribution in [3.8, 4) is 11.5 Å². The van der Waals surface area contributed by atoms with E-state index in [0.29, 0.717) is 18.0 Å². The topological polar surface area (TPSA) is 50.7 Å². The van der Waals surface area contributed by atoms with Crippen molar-refractivity contribution in [1.82, 2.24) is 5.32 Å². The van der Waals surface area contributed by atoms with Gasteiger partial charge in [-0.25, -0.2) is 0 Å². The maximum atomic E-state index is 10.4. The van der Waals surface area contributed by atoms with Crippen molar-refractivity contribution in [2.45, 2.75) is 51.7 Å². The second-order valence-electron chi connectivity index (χ2n) is 6.82. The van der Waals surface area contributed by atoms with Crippen LogP contribution in [-0.4, -0.2) is 24.5 Å². The molecule has 0 bridgehead atoms. The van der Waals surface area contributed by atoms with Gasteiger partial charge >= 0.3 is 0 Å². The largest absolute Gasteiger partial charge is 0.454 e. The van der Waals surface area contributed by atoms with E-state index in [9.17, 15) is 5.11 Å². The van der Waals surface area contributed by atoms with Gasteiger partial charge in [0.15, 0.2) is 11.5 Å². The van der Waals surface area contributed by atoms with Gasteiger partial charge in [0.25, 0.3) is 0 Å². The molecule has 1 aliphatic heterocycles. The average Bonchev–Trinajstić information content (AvgIpc) is 2.92. The first-order chi connectivity index (χ1) is 10.1. The molecule has 0 saturated heterocycles. The van der Waals surface area contributed by atoms with Gasteiger partial charge in [0.1, 0.15) is 0 Å². The zero-order valence-electron chi connectivity index (χ0n) is 12.9. The second kappa shape index (κ2) is 5.85. The van der Waals surface area contributed by atoms with E-state index in [2.05, 4.69) is 19.2 Å². The number of hydrogen-bond donors (Lipinski definition) is 2. The van der Waals surface area contributed by atoms with Crippen LogP contribution in [0.25, 0.3) is 0 Å². The van der Waals surface area contributed by atoms with Crippen LogP contribution in [0.1, 0.15) is 51.2 Å². The summed E-state index contributed by atoms with van der Waals surface area (Å²) >= 11 is 0. The molecule has 21 heavy (non-hydrogen) atoms. The number of fused-ring (bicyclic) bond motifs is 1. The van der Waals surface area contributed by atoms with Gasteiger partial charge in [-0.2, -0.15) is 0 Å². The van der Waals surface area contributed by atoms with E-state index < -0.39 is 6.10 Å². The molecule has 1 aromatic carbocycles. The zero-order chi connectivity index (χ0) is 14.9. The molecule has 4 heteroatoms. The van der Waals surface area contributed by atoms with E-state index in [0.717, 1.165) is 17.1 Å². The van der Waals surface area contributed by atoms with Crippen molar-refractivity contribution in [3.63, 3.8) is 0 Å². The maximum absolute atomic E-state index is 10.4. The Bertz CT molecular complexity index is 501. The molecule has 2 atom stereocenters. The minimum Gasteiger partial charge on any atom is -0.454 e. The Morgan fingerprint density at radius 1 is 1.29 bits per heavy atom. The van der Waals surface area contributed by atoms with Crippen LogP contribution in [0.5, 0.6) is 11.5 Å². The van der Waals surface area contributed by atoms with Crippen molar-refractivity contribution < 1.29 is 14.6 Å². The van der Waals surface area contributed by atoms with Gasteiger partial charge in [0, 0.05) is 12.6 Å². The van der Waals surface area contributed by atoms with E-state index in [4.69, 9.17) is 9.47 Å². The van der Waals surface area contributed by atoms with Gasteiger partial charge in [-0.15, -0.1) is 0 Å². The molecule has 1 fully saturated rings. The fourth-order valence-electron chi connectivity index (χ4n) is 3.36. The molecule has 0 spiro atoms. The third-order valence-electron chi connectivity index (χ3n) is 4.85. The van der Waals surface area contributed by atoms with Crippen LogP contribution < -0.4 is 14.8 Å². The lowest BCUT2D eigenvalue weighted by Crippen LogP contribution is -2.45. The first-order valence-electron chi connectivity index (χ1n) is 7.87. The van der Waals surface area contributed by atoms with E-state index in [-0.39, 0.29) is 6.79 Å². The molecular formula is C17H25NO3. The zero-order valence-corrected chi connectivity index (χ0v) is 12.9. The molecule has 0 radical (unpaired) electrons. The summed E-state index contributed by atoms with van der Waals surface area (Å²) in [5.41, 5.74) is 1.19. The van der Waals surface area contributed by atoms with Crippen LogP contribution in [0.2, 0.25) is 0 Å². The summed E-state index contributed by atoms with van der Waals surface area (Å²) in [6.45, 7) is 5.48. The van der Waals surface area contributed by atoms with Gasteiger partial charge < -0.3 is 19.9 Å². The quantitative estimate of drug-likeness (QED) is 0.895. The van der Waals surface area contributed by atoms with E-state index in [1.54, 1.807) is 0 Å². The smallest absolute Gasteiger partial charge is 0.231 e. The number of benzene rings is 1. The van der Waals surface area contributed by atoms with Crippen molar-refractivity contribution in [1.29, 1.82) is 0 Å². The highest BCUT2D eigenvalue weighted by molar-refractivity contribution is 5.45. The van der Waals surface area contributed by atoms with Crippen molar-refractivity contribution >= 4 is 0 Å². The van der Waals surface area contributed by atoms with Crippen LogP contribution >= 0.6 is 0 Å². The molecule has 2 unspecified atom stereocenters. The summed E-state index contributed by atoms with van der Waals surface area (Å²) in [5, 5.41) is 13.9. The minimum atomic E-state index is -0.516. The predicted molar refractivity (Wildman–Crippen MR) is 81.6 cm³/mol. The lowest BCUT2D eigenvalue weighted by molar-refractivity contribution is 0.126. The standard InChI is InChI=1S/C17H25NO3/c1-17(2)8-4-3-5-16(17)18-10-13(19)12-6-7-14-15(9-12)21-11-20-14/h6-7,9,13,16,18-19H,3-5,8,10-11H2,1-2H3. The Morgan fingerprint density at radius 2 is 2.10 bits per heavy atom. The molecule has 4 nitrogen and oxygen atoms in total. The molecule has 2 N–H and O–H groups in total. The van der Waals surface area contributed by atoms with Crippen LogP contribution in [0, 0.1) is 5.41 Å². The number of rotatable bonds is 4. The Hall–Kier alpha value is -1.26. The average molecular weight is 291 g/mol.